The standard InChI is InChI=1S/C21H23FN6O2/c22-16-5-3-4-15(10-16)13-28-20(29)8-7-19(26-28)27-9-2-1-6-17(27)11-24-21(30)18-12-23-14-25-18/h3-5,7-8,10,12,14,17H,1-2,6,9,11,13H2,(H,23,25)(H,24,30). The number of hydrogen-bond donors (Lipinski definition) is 2. The monoisotopic (exact) mass is 410 g/mol. The summed E-state index contributed by atoms with van der Waals surface area (Å²) in [5.41, 5.74) is 0.840. The van der Waals surface area contributed by atoms with Crippen LogP contribution in [0.15, 0.2) is 53.7 Å². The van der Waals surface area contributed by atoms with E-state index in [0.29, 0.717) is 23.6 Å². The van der Waals surface area contributed by atoms with E-state index in [2.05, 4.69) is 25.3 Å². The van der Waals surface area contributed by atoms with Gasteiger partial charge in [0, 0.05) is 25.2 Å². The molecule has 1 aromatic carbocycles. The molecule has 1 atom stereocenters. The lowest BCUT2D eigenvalue weighted by Gasteiger charge is -2.36. The lowest BCUT2D eigenvalue weighted by Crippen LogP contribution is -2.47. The van der Waals surface area contributed by atoms with Crippen LogP contribution in [0.5, 0.6) is 0 Å². The summed E-state index contributed by atoms with van der Waals surface area (Å²) in [6, 6.07) is 9.40. The van der Waals surface area contributed by atoms with E-state index >= 15 is 0 Å². The minimum Gasteiger partial charge on any atom is -0.350 e. The minimum absolute atomic E-state index is 0.0678. The molecule has 1 aliphatic rings. The van der Waals surface area contributed by atoms with Crippen molar-refractivity contribution < 1.29 is 9.18 Å². The van der Waals surface area contributed by atoms with Crippen molar-refractivity contribution in [2.45, 2.75) is 31.8 Å². The number of hydrogen-bond acceptors (Lipinski definition) is 5. The van der Waals surface area contributed by atoms with E-state index in [-0.39, 0.29) is 29.9 Å². The molecular formula is C21H23FN6O2. The van der Waals surface area contributed by atoms with Gasteiger partial charge >= 0.3 is 0 Å². The Morgan fingerprint density at radius 2 is 2.17 bits per heavy atom. The van der Waals surface area contributed by atoms with Crippen molar-refractivity contribution in [3.63, 3.8) is 0 Å². The summed E-state index contributed by atoms with van der Waals surface area (Å²) < 4.78 is 14.8. The van der Waals surface area contributed by atoms with Gasteiger partial charge < -0.3 is 15.2 Å². The number of nitrogens with zero attached hydrogens (tertiary/aromatic N) is 4. The summed E-state index contributed by atoms with van der Waals surface area (Å²) in [6.07, 6.45) is 5.93. The number of imidazole rings is 1. The molecule has 1 unspecified atom stereocenters. The molecular weight excluding hydrogens is 387 g/mol. The summed E-state index contributed by atoms with van der Waals surface area (Å²) in [5, 5.41) is 7.46. The van der Waals surface area contributed by atoms with Crippen LogP contribution in [0.2, 0.25) is 0 Å². The topological polar surface area (TPSA) is 95.9 Å². The first kappa shape index (κ1) is 19.8. The first-order valence-corrected chi connectivity index (χ1v) is 9.96. The molecule has 3 aromatic rings. The summed E-state index contributed by atoms with van der Waals surface area (Å²) in [6.45, 7) is 1.44. The van der Waals surface area contributed by atoms with Crippen molar-refractivity contribution in [2.24, 2.45) is 0 Å². The molecule has 1 aliphatic heterocycles. The van der Waals surface area contributed by atoms with Crippen molar-refractivity contribution >= 4 is 11.7 Å². The highest BCUT2D eigenvalue weighted by molar-refractivity contribution is 5.91. The fourth-order valence-corrected chi connectivity index (χ4v) is 3.71. The Balaban J connectivity index is 1.50. The van der Waals surface area contributed by atoms with E-state index in [1.807, 2.05) is 0 Å². The summed E-state index contributed by atoms with van der Waals surface area (Å²) >= 11 is 0. The lowest BCUT2D eigenvalue weighted by atomic mass is 10.0. The number of carbonyl (C=O) groups is 1. The Morgan fingerprint density at radius 3 is 2.97 bits per heavy atom. The SMILES string of the molecule is O=C(NCC1CCCCN1c1ccc(=O)n(Cc2cccc(F)c2)n1)c1cnc[nH]1. The molecule has 2 aromatic heterocycles. The van der Waals surface area contributed by atoms with Crippen molar-refractivity contribution in [1.29, 1.82) is 0 Å². The number of nitrogens with one attached hydrogen (secondary N) is 2. The number of benzene rings is 1. The van der Waals surface area contributed by atoms with Gasteiger partial charge in [0.2, 0.25) is 0 Å². The first-order chi connectivity index (χ1) is 14.6. The highest BCUT2D eigenvalue weighted by atomic mass is 19.1. The molecule has 0 aliphatic carbocycles. The van der Waals surface area contributed by atoms with Gasteiger partial charge in [0.25, 0.3) is 11.5 Å². The van der Waals surface area contributed by atoms with Gasteiger partial charge in [-0.2, -0.15) is 5.10 Å². The second-order valence-electron chi connectivity index (χ2n) is 7.34. The summed E-state index contributed by atoms with van der Waals surface area (Å²) in [5.74, 6) is 0.120. The van der Waals surface area contributed by atoms with Crippen LogP contribution >= 0.6 is 0 Å². The average molecular weight is 410 g/mol. The fraction of sp³-hybridized carbons (Fsp3) is 0.333. The second kappa shape index (κ2) is 8.89. The predicted octanol–water partition coefficient (Wildman–Crippen LogP) is 1.94. The molecule has 0 saturated carbocycles. The van der Waals surface area contributed by atoms with E-state index in [9.17, 15) is 14.0 Å². The van der Waals surface area contributed by atoms with E-state index in [4.69, 9.17) is 0 Å². The van der Waals surface area contributed by atoms with E-state index in [1.54, 1.807) is 18.2 Å². The molecule has 8 nitrogen and oxygen atoms in total. The van der Waals surface area contributed by atoms with Crippen LogP contribution in [-0.2, 0) is 6.54 Å². The van der Waals surface area contributed by atoms with E-state index in [0.717, 1.165) is 25.8 Å². The number of amides is 1. The number of piperidine rings is 1. The maximum atomic E-state index is 13.5. The van der Waals surface area contributed by atoms with Crippen LogP contribution in [0.4, 0.5) is 10.2 Å². The summed E-state index contributed by atoms with van der Waals surface area (Å²) in [4.78, 5) is 33.3. The van der Waals surface area contributed by atoms with Crippen LogP contribution in [0.1, 0.15) is 35.3 Å². The average Bonchev–Trinajstić information content (AvgIpc) is 3.29. The van der Waals surface area contributed by atoms with E-state index in [1.165, 1.54) is 35.4 Å². The van der Waals surface area contributed by atoms with Crippen LogP contribution < -0.4 is 15.8 Å². The van der Waals surface area contributed by atoms with Crippen LogP contribution in [0.25, 0.3) is 0 Å². The first-order valence-electron chi connectivity index (χ1n) is 9.96. The van der Waals surface area contributed by atoms with Gasteiger partial charge in [0.05, 0.1) is 19.1 Å². The zero-order chi connectivity index (χ0) is 20.9. The minimum atomic E-state index is -0.346. The smallest absolute Gasteiger partial charge is 0.269 e. The number of rotatable bonds is 6. The molecule has 3 heterocycles. The highest BCUT2D eigenvalue weighted by Crippen LogP contribution is 2.22. The molecule has 0 radical (unpaired) electrons. The van der Waals surface area contributed by atoms with Gasteiger partial charge in [0.1, 0.15) is 17.3 Å². The molecule has 4 rings (SSSR count). The van der Waals surface area contributed by atoms with Gasteiger partial charge in [0.15, 0.2) is 0 Å². The zero-order valence-electron chi connectivity index (χ0n) is 16.4. The third-order valence-electron chi connectivity index (χ3n) is 5.24. The Kier molecular flexibility index (Phi) is 5.87. The third kappa shape index (κ3) is 4.56. The van der Waals surface area contributed by atoms with E-state index < -0.39 is 0 Å². The van der Waals surface area contributed by atoms with Gasteiger partial charge in [-0.1, -0.05) is 12.1 Å². The molecule has 1 fully saturated rings. The largest absolute Gasteiger partial charge is 0.350 e. The Morgan fingerprint density at radius 1 is 1.27 bits per heavy atom. The third-order valence-corrected chi connectivity index (χ3v) is 5.24. The number of anilines is 1. The van der Waals surface area contributed by atoms with Crippen molar-refractivity contribution in [2.75, 3.05) is 18.0 Å². The quantitative estimate of drug-likeness (QED) is 0.648. The Hall–Kier alpha value is -3.49. The van der Waals surface area contributed by atoms with Gasteiger partial charge in [-0.05, 0) is 43.0 Å². The molecule has 1 amide bonds. The molecule has 2 N–H and O–H groups in total. The molecule has 156 valence electrons. The van der Waals surface area contributed by atoms with Crippen molar-refractivity contribution in [1.82, 2.24) is 25.1 Å². The van der Waals surface area contributed by atoms with Crippen LogP contribution in [0.3, 0.4) is 0 Å². The zero-order valence-corrected chi connectivity index (χ0v) is 16.4. The second-order valence-corrected chi connectivity index (χ2v) is 7.34. The number of halogens is 1. The normalized spacial score (nSPS) is 16.4. The highest BCUT2D eigenvalue weighted by Gasteiger charge is 2.25. The lowest BCUT2D eigenvalue weighted by molar-refractivity contribution is 0.0945. The number of H-pyrrole nitrogens is 1. The molecule has 0 spiro atoms. The van der Waals surface area contributed by atoms with Gasteiger partial charge in [-0.15, -0.1) is 0 Å². The van der Waals surface area contributed by atoms with Crippen LogP contribution in [-0.4, -0.2) is 44.8 Å². The van der Waals surface area contributed by atoms with Gasteiger partial charge in [-0.3, -0.25) is 9.59 Å². The molecule has 9 heteroatoms. The summed E-state index contributed by atoms with van der Waals surface area (Å²) in [7, 11) is 0. The maximum Gasteiger partial charge on any atom is 0.269 e. The van der Waals surface area contributed by atoms with Crippen LogP contribution in [0, 0.1) is 5.82 Å². The Labute approximate surface area is 172 Å². The maximum absolute atomic E-state index is 13.5. The number of aromatic amines is 1. The fourth-order valence-electron chi connectivity index (χ4n) is 3.71. The Bertz CT molecular complexity index is 1070. The van der Waals surface area contributed by atoms with Crippen molar-refractivity contribution in [3.8, 4) is 0 Å². The molecule has 30 heavy (non-hydrogen) atoms. The molecule has 1 saturated heterocycles. The predicted molar refractivity (Wildman–Crippen MR) is 110 cm³/mol. The van der Waals surface area contributed by atoms with Crippen molar-refractivity contribution in [3.05, 3.63) is 76.4 Å². The number of aromatic nitrogens is 4. The number of carbonyl (C=O) groups excluding carboxylic acids is 1. The molecule has 0 bridgehead atoms. The van der Waals surface area contributed by atoms with Gasteiger partial charge in [-0.25, -0.2) is 14.1 Å².